The Kier molecular flexibility index (Phi) is 2.33. The predicted octanol–water partition coefficient (Wildman–Crippen LogP) is 3.28. The van der Waals surface area contributed by atoms with Crippen LogP contribution in [0.1, 0.15) is 6.42 Å². The van der Waals surface area contributed by atoms with Gasteiger partial charge in [-0.3, -0.25) is 4.99 Å². The molecule has 0 aromatic heterocycles. The van der Waals surface area contributed by atoms with Crippen LogP contribution in [0.2, 0.25) is 0 Å². The van der Waals surface area contributed by atoms with E-state index in [1.165, 1.54) is 0 Å². The van der Waals surface area contributed by atoms with Crippen LogP contribution in [0.3, 0.4) is 0 Å². The SMILES string of the molecule is C1=CCC(C2C=Nc3ccccc3O2)C=C1. The van der Waals surface area contributed by atoms with Crippen molar-refractivity contribution in [3.8, 4) is 5.75 Å². The molecule has 1 aliphatic carbocycles. The quantitative estimate of drug-likeness (QED) is 0.698. The van der Waals surface area contributed by atoms with E-state index in [1.54, 1.807) is 0 Å². The van der Waals surface area contributed by atoms with Gasteiger partial charge in [-0.25, -0.2) is 0 Å². The second-order valence-corrected chi connectivity index (χ2v) is 4.04. The molecular weight excluding hydrogens is 198 g/mol. The molecule has 1 heterocycles. The Bertz CT molecular complexity index is 473. The van der Waals surface area contributed by atoms with E-state index in [-0.39, 0.29) is 6.10 Å². The number of rotatable bonds is 1. The molecule has 16 heavy (non-hydrogen) atoms. The second-order valence-electron chi connectivity index (χ2n) is 4.04. The number of ether oxygens (including phenoxy) is 1. The van der Waals surface area contributed by atoms with Gasteiger partial charge in [-0.15, -0.1) is 0 Å². The number of fused-ring (bicyclic) bond motifs is 1. The number of aliphatic imine (C=N–C) groups is 1. The van der Waals surface area contributed by atoms with Gasteiger partial charge in [0.1, 0.15) is 17.5 Å². The highest BCUT2D eigenvalue weighted by molar-refractivity contribution is 5.74. The van der Waals surface area contributed by atoms with Crippen LogP contribution in [-0.2, 0) is 0 Å². The fourth-order valence-electron chi connectivity index (χ4n) is 2.04. The molecule has 1 aromatic rings. The summed E-state index contributed by atoms with van der Waals surface area (Å²) in [7, 11) is 0. The minimum Gasteiger partial charge on any atom is -0.482 e. The first kappa shape index (κ1) is 9.40. The molecule has 0 fully saturated rings. The van der Waals surface area contributed by atoms with Gasteiger partial charge in [0, 0.05) is 12.1 Å². The van der Waals surface area contributed by atoms with Crippen LogP contribution in [0.15, 0.2) is 53.6 Å². The molecule has 0 radical (unpaired) electrons. The molecule has 2 heteroatoms. The first-order chi connectivity index (χ1) is 7.93. The highest BCUT2D eigenvalue weighted by Gasteiger charge is 2.23. The molecule has 3 rings (SSSR count). The Morgan fingerprint density at radius 3 is 3.00 bits per heavy atom. The van der Waals surface area contributed by atoms with E-state index in [9.17, 15) is 0 Å². The molecule has 1 aliphatic heterocycles. The van der Waals surface area contributed by atoms with Crippen molar-refractivity contribution in [2.24, 2.45) is 10.9 Å². The Hall–Kier alpha value is -1.83. The van der Waals surface area contributed by atoms with Crippen LogP contribution in [0.4, 0.5) is 5.69 Å². The third-order valence-corrected chi connectivity index (χ3v) is 2.92. The average molecular weight is 211 g/mol. The number of nitrogens with zero attached hydrogens (tertiary/aromatic N) is 1. The minimum atomic E-state index is 0.0658. The number of hydrogen-bond acceptors (Lipinski definition) is 2. The summed E-state index contributed by atoms with van der Waals surface area (Å²) in [6.45, 7) is 0. The summed E-state index contributed by atoms with van der Waals surface area (Å²) in [5.41, 5.74) is 0.925. The van der Waals surface area contributed by atoms with E-state index >= 15 is 0 Å². The predicted molar refractivity (Wildman–Crippen MR) is 65.4 cm³/mol. The molecule has 2 unspecified atom stereocenters. The van der Waals surface area contributed by atoms with Crippen molar-refractivity contribution in [2.45, 2.75) is 12.5 Å². The molecule has 2 aliphatic rings. The summed E-state index contributed by atoms with van der Waals surface area (Å²) in [6.07, 6.45) is 11.5. The van der Waals surface area contributed by atoms with Gasteiger partial charge < -0.3 is 4.74 Å². The number of hydrogen-bond donors (Lipinski definition) is 0. The molecule has 0 amide bonds. The topological polar surface area (TPSA) is 21.6 Å². The van der Waals surface area contributed by atoms with E-state index < -0.39 is 0 Å². The third-order valence-electron chi connectivity index (χ3n) is 2.92. The highest BCUT2D eigenvalue weighted by Crippen LogP contribution is 2.32. The summed E-state index contributed by atoms with van der Waals surface area (Å²) in [4.78, 5) is 4.44. The summed E-state index contributed by atoms with van der Waals surface area (Å²) >= 11 is 0. The maximum atomic E-state index is 5.94. The fourth-order valence-corrected chi connectivity index (χ4v) is 2.04. The summed E-state index contributed by atoms with van der Waals surface area (Å²) < 4.78 is 5.94. The van der Waals surface area contributed by atoms with Gasteiger partial charge in [-0.1, -0.05) is 36.4 Å². The molecule has 0 bridgehead atoms. The summed E-state index contributed by atoms with van der Waals surface area (Å²) in [6, 6.07) is 7.90. The second kappa shape index (κ2) is 3.97. The maximum Gasteiger partial charge on any atom is 0.145 e. The van der Waals surface area contributed by atoms with Crippen molar-refractivity contribution in [3.05, 3.63) is 48.6 Å². The monoisotopic (exact) mass is 211 g/mol. The first-order valence-corrected chi connectivity index (χ1v) is 5.57. The molecule has 2 nitrogen and oxygen atoms in total. The van der Waals surface area contributed by atoms with Crippen LogP contribution in [0.25, 0.3) is 0 Å². The molecule has 0 N–H and O–H groups in total. The van der Waals surface area contributed by atoms with Crippen LogP contribution < -0.4 is 4.74 Å². The molecular formula is C14H13NO. The minimum absolute atomic E-state index is 0.0658. The average Bonchev–Trinajstić information content (AvgIpc) is 2.39. The Morgan fingerprint density at radius 1 is 1.19 bits per heavy atom. The first-order valence-electron chi connectivity index (χ1n) is 5.57. The van der Waals surface area contributed by atoms with Crippen LogP contribution in [0, 0.1) is 5.92 Å². The lowest BCUT2D eigenvalue weighted by Crippen LogP contribution is -2.29. The normalized spacial score (nSPS) is 26.2. The van der Waals surface area contributed by atoms with Crippen molar-refractivity contribution in [1.82, 2.24) is 0 Å². The molecule has 2 atom stereocenters. The summed E-state index contributed by atoms with van der Waals surface area (Å²) in [5, 5.41) is 0. The van der Waals surface area contributed by atoms with Crippen molar-refractivity contribution >= 4 is 11.9 Å². The van der Waals surface area contributed by atoms with Gasteiger partial charge >= 0.3 is 0 Å². The Morgan fingerprint density at radius 2 is 2.12 bits per heavy atom. The van der Waals surface area contributed by atoms with Crippen molar-refractivity contribution in [1.29, 1.82) is 0 Å². The van der Waals surface area contributed by atoms with Crippen molar-refractivity contribution in [3.63, 3.8) is 0 Å². The van der Waals surface area contributed by atoms with E-state index in [1.807, 2.05) is 30.5 Å². The Labute approximate surface area is 95.0 Å². The zero-order valence-corrected chi connectivity index (χ0v) is 8.91. The number of para-hydroxylation sites is 2. The third kappa shape index (κ3) is 1.67. The van der Waals surface area contributed by atoms with Gasteiger partial charge in [0.25, 0.3) is 0 Å². The maximum absolute atomic E-state index is 5.94. The molecule has 0 saturated carbocycles. The smallest absolute Gasteiger partial charge is 0.145 e. The number of allylic oxidation sites excluding steroid dienone is 3. The molecule has 80 valence electrons. The lowest BCUT2D eigenvalue weighted by Gasteiger charge is -2.26. The van der Waals surface area contributed by atoms with Gasteiger partial charge in [-0.05, 0) is 18.6 Å². The van der Waals surface area contributed by atoms with Gasteiger partial charge in [-0.2, -0.15) is 0 Å². The highest BCUT2D eigenvalue weighted by atomic mass is 16.5. The molecule has 0 spiro atoms. The van der Waals surface area contributed by atoms with E-state index in [0.29, 0.717) is 5.92 Å². The van der Waals surface area contributed by atoms with E-state index in [0.717, 1.165) is 17.9 Å². The van der Waals surface area contributed by atoms with Gasteiger partial charge in [0.15, 0.2) is 0 Å². The molecule has 0 saturated heterocycles. The fraction of sp³-hybridized carbons (Fsp3) is 0.214. The lowest BCUT2D eigenvalue weighted by atomic mass is 9.95. The number of benzene rings is 1. The van der Waals surface area contributed by atoms with Crippen LogP contribution in [0.5, 0.6) is 5.75 Å². The van der Waals surface area contributed by atoms with E-state index in [4.69, 9.17) is 4.74 Å². The largest absolute Gasteiger partial charge is 0.482 e. The zero-order chi connectivity index (χ0) is 10.8. The standard InChI is InChI=1S/C14H13NO/c1-2-6-11(7-3-1)14-10-15-12-8-4-5-9-13(12)16-14/h1-6,8-11,14H,7H2. The van der Waals surface area contributed by atoms with Crippen molar-refractivity contribution in [2.75, 3.05) is 0 Å². The van der Waals surface area contributed by atoms with Gasteiger partial charge in [0.2, 0.25) is 0 Å². The molecule has 1 aromatic carbocycles. The van der Waals surface area contributed by atoms with Gasteiger partial charge in [0.05, 0.1) is 0 Å². The van der Waals surface area contributed by atoms with Crippen molar-refractivity contribution < 1.29 is 4.74 Å². The van der Waals surface area contributed by atoms with Crippen LogP contribution >= 0.6 is 0 Å². The van der Waals surface area contributed by atoms with Crippen LogP contribution in [-0.4, -0.2) is 12.3 Å². The van der Waals surface area contributed by atoms with E-state index in [2.05, 4.69) is 29.3 Å². The zero-order valence-electron chi connectivity index (χ0n) is 8.91. The lowest BCUT2D eigenvalue weighted by molar-refractivity contribution is 0.222. The summed E-state index contributed by atoms with van der Waals surface area (Å²) in [5.74, 6) is 1.29. The Balaban J connectivity index is 1.83.